The van der Waals surface area contributed by atoms with Crippen LogP contribution in [0.15, 0.2) is 0 Å². The van der Waals surface area contributed by atoms with Crippen molar-refractivity contribution in [1.82, 2.24) is 4.90 Å². The first-order valence-electron chi connectivity index (χ1n) is 3.34. The van der Waals surface area contributed by atoms with E-state index in [1.807, 2.05) is 19.0 Å². The van der Waals surface area contributed by atoms with Crippen molar-refractivity contribution in [3.63, 3.8) is 0 Å². The molecular formula is C6H19N3O. The maximum atomic E-state index is 8.20. The molecule has 0 heterocycles. The summed E-state index contributed by atoms with van der Waals surface area (Å²) in [5, 5.41) is 8.20. The van der Waals surface area contributed by atoms with E-state index in [1.165, 1.54) is 0 Å². The van der Waals surface area contributed by atoms with Crippen LogP contribution in [-0.2, 0) is 0 Å². The summed E-state index contributed by atoms with van der Waals surface area (Å²) >= 11 is 0. The van der Waals surface area contributed by atoms with E-state index >= 15 is 0 Å². The van der Waals surface area contributed by atoms with Crippen molar-refractivity contribution in [2.75, 3.05) is 40.3 Å². The minimum absolute atomic E-state index is 0.257. The zero-order chi connectivity index (χ0) is 8.41. The summed E-state index contributed by atoms with van der Waals surface area (Å²) in [5.74, 6) is 0. The average Bonchev–Trinajstić information content (AvgIpc) is 1.89. The highest BCUT2D eigenvalue weighted by molar-refractivity contribution is 4.34. The lowest BCUT2D eigenvalue weighted by molar-refractivity contribution is 0.243. The molecule has 0 aliphatic rings. The van der Waals surface area contributed by atoms with Gasteiger partial charge < -0.3 is 21.5 Å². The Balaban J connectivity index is 0. The highest BCUT2D eigenvalue weighted by atomic mass is 16.3. The standard InChI is InChI=1S/C4H11NO.C2H8N2/c1-5(2)3-4-6;3-1-2-4/h6H,3-4H2,1-2H3;1-4H2. The van der Waals surface area contributed by atoms with E-state index in [9.17, 15) is 0 Å². The van der Waals surface area contributed by atoms with Crippen molar-refractivity contribution in [2.24, 2.45) is 11.5 Å². The minimum Gasteiger partial charge on any atom is -0.395 e. The fraction of sp³-hybridized carbons (Fsp3) is 1.00. The lowest BCUT2D eigenvalue weighted by Crippen LogP contribution is -2.15. The fourth-order valence-electron chi connectivity index (χ4n) is 0.200. The van der Waals surface area contributed by atoms with Crippen LogP contribution in [0.2, 0.25) is 0 Å². The van der Waals surface area contributed by atoms with Gasteiger partial charge in [-0.1, -0.05) is 0 Å². The molecule has 0 rings (SSSR count). The van der Waals surface area contributed by atoms with Gasteiger partial charge >= 0.3 is 0 Å². The molecular weight excluding hydrogens is 130 g/mol. The summed E-state index contributed by atoms with van der Waals surface area (Å²) in [5.41, 5.74) is 9.81. The Morgan fingerprint density at radius 3 is 1.60 bits per heavy atom. The summed E-state index contributed by atoms with van der Waals surface area (Å²) in [6.07, 6.45) is 0. The van der Waals surface area contributed by atoms with E-state index in [-0.39, 0.29) is 6.61 Å². The van der Waals surface area contributed by atoms with Crippen molar-refractivity contribution >= 4 is 0 Å². The molecule has 0 radical (unpaired) electrons. The van der Waals surface area contributed by atoms with Gasteiger partial charge in [-0.15, -0.1) is 0 Å². The van der Waals surface area contributed by atoms with Crippen LogP contribution in [-0.4, -0.2) is 50.3 Å². The van der Waals surface area contributed by atoms with Gasteiger partial charge in [0, 0.05) is 19.6 Å². The van der Waals surface area contributed by atoms with Crippen molar-refractivity contribution in [2.45, 2.75) is 0 Å². The molecule has 0 aromatic carbocycles. The van der Waals surface area contributed by atoms with Crippen molar-refractivity contribution < 1.29 is 5.11 Å². The molecule has 0 aliphatic heterocycles. The second kappa shape index (κ2) is 11.6. The Labute approximate surface area is 62.8 Å². The highest BCUT2D eigenvalue weighted by Gasteiger charge is 1.80. The Morgan fingerprint density at radius 1 is 1.20 bits per heavy atom. The molecule has 10 heavy (non-hydrogen) atoms. The van der Waals surface area contributed by atoms with Crippen molar-refractivity contribution in [3.8, 4) is 0 Å². The molecule has 0 aromatic rings. The summed E-state index contributed by atoms with van der Waals surface area (Å²) in [7, 11) is 3.85. The largest absolute Gasteiger partial charge is 0.395 e. The van der Waals surface area contributed by atoms with Gasteiger partial charge in [0.25, 0.3) is 0 Å². The molecule has 0 spiro atoms. The second-order valence-electron chi connectivity index (χ2n) is 2.10. The molecule has 0 amide bonds. The summed E-state index contributed by atoms with van der Waals surface area (Å²) in [4.78, 5) is 1.93. The molecule has 4 heteroatoms. The number of likely N-dealkylation sites (N-methyl/N-ethyl adjacent to an activating group) is 1. The second-order valence-corrected chi connectivity index (χ2v) is 2.10. The fourth-order valence-corrected chi connectivity index (χ4v) is 0.200. The van der Waals surface area contributed by atoms with Crippen LogP contribution < -0.4 is 11.5 Å². The zero-order valence-electron chi connectivity index (χ0n) is 6.88. The summed E-state index contributed by atoms with van der Waals surface area (Å²) in [6, 6.07) is 0. The van der Waals surface area contributed by atoms with Gasteiger partial charge in [-0.2, -0.15) is 0 Å². The number of aliphatic hydroxyl groups is 1. The predicted octanol–water partition coefficient (Wildman–Crippen LogP) is -1.56. The maximum Gasteiger partial charge on any atom is 0.0558 e. The van der Waals surface area contributed by atoms with E-state index in [2.05, 4.69) is 0 Å². The Bertz CT molecular complexity index is 48.3. The molecule has 5 N–H and O–H groups in total. The van der Waals surface area contributed by atoms with Crippen molar-refractivity contribution in [1.29, 1.82) is 0 Å². The van der Waals surface area contributed by atoms with Crippen LogP contribution in [0, 0.1) is 0 Å². The van der Waals surface area contributed by atoms with Crippen LogP contribution in [0.1, 0.15) is 0 Å². The number of hydrogen-bond donors (Lipinski definition) is 3. The number of nitrogens with two attached hydrogens (primary N) is 2. The van der Waals surface area contributed by atoms with Gasteiger partial charge in [0.2, 0.25) is 0 Å². The van der Waals surface area contributed by atoms with Gasteiger partial charge in [0.1, 0.15) is 0 Å². The lowest BCUT2D eigenvalue weighted by atomic mass is 10.6. The molecule has 0 bridgehead atoms. The smallest absolute Gasteiger partial charge is 0.0558 e. The third kappa shape index (κ3) is 24.9. The monoisotopic (exact) mass is 149 g/mol. The highest BCUT2D eigenvalue weighted by Crippen LogP contribution is 1.66. The normalized spacial score (nSPS) is 9.00. The Hall–Kier alpha value is -0.160. The molecule has 0 atom stereocenters. The van der Waals surface area contributed by atoms with Gasteiger partial charge in [-0.05, 0) is 14.1 Å². The minimum atomic E-state index is 0.257. The van der Waals surface area contributed by atoms with Crippen molar-refractivity contribution in [3.05, 3.63) is 0 Å². The van der Waals surface area contributed by atoms with Gasteiger partial charge in [0.15, 0.2) is 0 Å². The lowest BCUT2D eigenvalue weighted by Gasteiger charge is -2.03. The third-order valence-electron chi connectivity index (χ3n) is 0.714. The SMILES string of the molecule is CN(C)CCO.NCCN. The zero-order valence-corrected chi connectivity index (χ0v) is 6.88. The first-order chi connectivity index (χ1) is 4.68. The number of aliphatic hydroxyl groups excluding tert-OH is 1. The van der Waals surface area contributed by atoms with Crippen LogP contribution in [0.5, 0.6) is 0 Å². The van der Waals surface area contributed by atoms with Gasteiger partial charge in [0.05, 0.1) is 6.61 Å². The summed E-state index contributed by atoms with van der Waals surface area (Å²) < 4.78 is 0. The maximum absolute atomic E-state index is 8.20. The molecule has 64 valence electrons. The molecule has 0 unspecified atom stereocenters. The van der Waals surface area contributed by atoms with E-state index in [0.717, 1.165) is 6.54 Å². The number of hydrogen-bond acceptors (Lipinski definition) is 4. The predicted molar refractivity (Wildman–Crippen MR) is 43.7 cm³/mol. The third-order valence-corrected chi connectivity index (χ3v) is 0.714. The van der Waals surface area contributed by atoms with Crippen LogP contribution in [0.3, 0.4) is 0 Å². The summed E-state index contributed by atoms with van der Waals surface area (Å²) in [6.45, 7) is 2.22. The first-order valence-corrected chi connectivity index (χ1v) is 3.34. The van der Waals surface area contributed by atoms with Gasteiger partial charge in [-0.3, -0.25) is 0 Å². The first kappa shape index (κ1) is 12.5. The molecule has 4 nitrogen and oxygen atoms in total. The van der Waals surface area contributed by atoms with Crippen LogP contribution >= 0.6 is 0 Å². The number of rotatable bonds is 3. The topological polar surface area (TPSA) is 75.5 Å². The molecule has 0 aliphatic carbocycles. The average molecular weight is 149 g/mol. The van der Waals surface area contributed by atoms with Crippen LogP contribution in [0.4, 0.5) is 0 Å². The van der Waals surface area contributed by atoms with E-state index in [0.29, 0.717) is 13.1 Å². The van der Waals surface area contributed by atoms with Gasteiger partial charge in [-0.25, -0.2) is 0 Å². The van der Waals surface area contributed by atoms with E-state index in [4.69, 9.17) is 16.6 Å². The Morgan fingerprint density at radius 2 is 1.60 bits per heavy atom. The molecule has 0 saturated carbocycles. The molecule has 0 aromatic heterocycles. The quantitative estimate of drug-likeness (QED) is 0.454. The van der Waals surface area contributed by atoms with E-state index in [1.54, 1.807) is 0 Å². The van der Waals surface area contributed by atoms with E-state index < -0.39 is 0 Å². The van der Waals surface area contributed by atoms with Crippen LogP contribution in [0.25, 0.3) is 0 Å². The molecule has 0 saturated heterocycles. The number of nitrogens with zero attached hydrogens (tertiary/aromatic N) is 1. The molecule has 0 fully saturated rings. The Kier molecular flexibility index (Phi) is 14.5.